The predicted octanol–water partition coefficient (Wildman–Crippen LogP) is 2.44. The van der Waals surface area contributed by atoms with Gasteiger partial charge in [0.1, 0.15) is 0 Å². The Morgan fingerprint density at radius 3 is 2.35 bits per heavy atom. The first-order valence-corrected chi connectivity index (χ1v) is 6.52. The average Bonchev–Trinajstić information content (AvgIpc) is 2.33. The SMILES string of the molecule is Cc1ccc(C)c(C2(N(C)C)CCNCC2)c1. The minimum Gasteiger partial charge on any atom is -0.317 e. The quantitative estimate of drug-likeness (QED) is 0.842. The Morgan fingerprint density at radius 2 is 1.76 bits per heavy atom. The Balaban J connectivity index is 2.48. The molecular weight excluding hydrogens is 208 g/mol. The lowest BCUT2D eigenvalue weighted by molar-refractivity contribution is 0.106. The van der Waals surface area contributed by atoms with E-state index in [1.54, 1.807) is 0 Å². The van der Waals surface area contributed by atoms with Crippen LogP contribution in [0, 0.1) is 13.8 Å². The molecule has 1 N–H and O–H groups in total. The zero-order valence-electron chi connectivity index (χ0n) is 11.5. The van der Waals surface area contributed by atoms with Crippen molar-refractivity contribution in [1.29, 1.82) is 0 Å². The van der Waals surface area contributed by atoms with E-state index in [4.69, 9.17) is 0 Å². The topological polar surface area (TPSA) is 15.3 Å². The summed E-state index contributed by atoms with van der Waals surface area (Å²) in [7, 11) is 4.43. The number of hydrogen-bond acceptors (Lipinski definition) is 2. The molecule has 1 aromatic rings. The van der Waals surface area contributed by atoms with Gasteiger partial charge in [-0.3, -0.25) is 4.90 Å². The van der Waals surface area contributed by atoms with E-state index in [0.29, 0.717) is 0 Å². The molecule has 0 bridgehead atoms. The van der Waals surface area contributed by atoms with Crippen molar-refractivity contribution >= 4 is 0 Å². The molecule has 0 saturated carbocycles. The first kappa shape index (κ1) is 12.6. The van der Waals surface area contributed by atoms with E-state index in [0.717, 1.165) is 13.1 Å². The van der Waals surface area contributed by atoms with Crippen LogP contribution in [0.4, 0.5) is 0 Å². The summed E-state index contributed by atoms with van der Waals surface area (Å²) in [6, 6.07) is 6.85. The molecule has 0 radical (unpaired) electrons. The second-order valence-corrected chi connectivity index (χ2v) is 5.49. The number of piperidine rings is 1. The molecule has 0 amide bonds. The number of benzene rings is 1. The molecule has 0 atom stereocenters. The van der Waals surface area contributed by atoms with Gasteiger partial charge < -0.3 is 5.32 Å². The van der Waals surface area contributed by atoms with Gasteiger partial charge in [-0.25, -0.2) is 0 Å². The van der Waals surface area contributed by atoms with Gasteiger partial charge in [-0.2, -0.15) is 0 Å². The van der Waals surface area contributed by atoms with Gasteiger partial charge in [0, 0.05) is 5.54 Å². The molecule has 2 rings (SSSR count). The van der Waals surface area contributed by atoms with E-state index in [-0.39, 0.29) is 5.54 Å². The van der Waals surface area contributed by atoms with Gasteiger partial charge in [0.2, 0.25) is 0 Å². The van der Waals surface area contributed by atoms with E-state index < -0.39 is 0 Å². The molecule has 0 aromatic heterocycles. The van der Waals surface area contributed by atoms with Crippen LogP contribution in [0.1, 0.15) is 29.5 Å². The molecular formula is C15H24N2. The molecule has 1 aromatic carbocycles. The summed E-state index contributed by atoms with van der Waals surface area (Å²) < 4.78 is 0. The second kappa shape index (κ2) is 4.79. The lowest BCUT2D eigenvalue weighted by Gasteiger charge is -2.44. The number of hydrogen-bond donors (Lipinski definition) is 1. The van der Waals surface area contributed by atoms with Gasteiger partial charge >= 0.3 is 0 Å². The number of nitrogens with zero attached hydrogens (tertiary/aromatic N) is 1. The molecule has 2 heteroatoms. The molecule has 94 valence electrons. The van der Waals surface area contributed by atoms with Crippen molar-refractivity contribution in [2.75, 3.05) is 27.2 Å². The highest BCUT2D eigenvalue weighted by Crippen LogP contribution is 2.37. The molecule has 0 aliphatic carbocycles. The van der Waals surface area contributed by atoms with Crippen molar-refractivity contribution in [3.8, 4) is 0 Å². The molecule has 1 saturated heterocycles. The van der Waals surface area contributed by atoms with Crippen LogP contribution in [0.25, 0.3) is 0 Å². The maximum atomic E-state index is 3.47. The molecule has 1 aliphatic heterocycles. The van der Waals surface area contributed by atoms with E-state index in [2.05, 4.69) is 56.4 Å². The van der Waals surface area contributed by atoms with E-state index in [1.165, 1.54) is 29.5 Å². The smallest absolute Gasteiger partial charge is 0.0481 e. The Hall–Kier alpha value is -0.860. The van der Waals surface area contributed by atoms with Gasteiger partial charge in [0.05, 0.1) is 0 Å². The van der Waals surface area contributed by atoms with Crippen molar-refractivity contribution in [3.63, 3.8) is 0 Å². The normalized spacial score (nSPS) is 19.6. The monoisotopic (exact) mass is 232 g/mol. The zero-order chi connectivity index (χ0) is 12.5. The Morgan fingerprint density at radius 1 is 1.12 bits per heavy atom. The highest BCUT2D eigenvalue weighted by molar-refractivity contribution is 5.36. The standard InChI is InChI=1S/C15H24N2/c1-12-5-6-13(2)14(11-12)15(17(3)4)7-9-16-10-8-15/h5-6,11,16H,7-10H2,1-4H3. The Labute approximate surface area is 105 Å². The summed E-state index contributed by atoms with van der Waals surface area (Å²) >= 11 is 0. The fraction of sp³-hybridized carbons (Fsp3) is 0.600. The third-order valence-corrected chi connectivity index (χ3v) is 4.18. The molecule has 1 fully saturated rings. The van der Waals surface area contributed by atoms with Crippen LogP contribution < -0.4 is 5.32 Å². The van der Waals surface area contributed by atoms with Crippen LogP contribution in [0.5, 0.6) is 0 Å². The fourth-order valence-corrected chi connectivity index (χ4v) is 3.04. The van der Waals surface area contributed by atoms with Gasteiger partial charge in [-0.15, -0.1) is 0 Å². The third kappa shape index (κ3) is 2.24. The summed E-state index contributed by atoms with van der Waals surface area (Å²) in [6.45, 7) is 6.66. The predicted molar refractivity (Wildman–Crippen MR) is 73.4 cm³/mol. The molecule has 1 heterocycles. The first-order valence-electron chi connectivity index (χ1n) is 6.52. The highest BCUT2D eigenvalue weighted by Gasteiger charge is 2.36. The molecule has 0 unspecified atom stereocenters. The van der Waals surface area contributed by atoms with Crippen molar-refractivity contribution in [1.82, 2.24) is 10.2 Å². The van der Waals surface area contributed by atoms with E-state index >= 15 is 0 Å². The van der Waals surface area contributed by atoms with Crippen molar-refractivity contribution < 1.29 is 0 Å². The average molecular weight is 232 g/mol. The zero-order valence-corrected chi connectivity index (χ0v) is 11.5. The Kier molecular flexibility index (Phi) is 3.55. The fourth-order valence-electron chi connectivity index (χ4n) is 3.04. The summed E-state index contributed by atoms with van der Waals surface area (Å²) in [6.07, 6.45) is 2.40. The lowest BCUT2D eigenvalue weighted by Crippen LogP contribution is -2.49. The summed E-state index contributed by atoms with van der Waals surface area (Å²) in [4.78, 5) is 2.41. The van der Waals surface area contributed by atoms with Gasteiger partial charge in [-0.1, -0.05) is 23.8 Å². The van der Waals surface area contributed by atoms with Crippen LogP contribution in [-0.4, -0.2) is 32.1 Å². The van der Waals surface area contributed by atoms with Gasteiger partial charge in [0.25, 0.3) is 0 Å². The summed E-state index contributed by atoms with van der Waals surface area (Å²) in [5.41, 5.74) is 4.53. The maximum absolute atomic E-state index is 3.47. The number of nitrogens with one attached hydrogen (secondary N) is 1. The van der Waals surface area contributed by atoms with E-state index in [9.17, 15) is 0 Å². The largest absolute Gasteiger partial charge is 0.317 e. The van der Waals surface area contributed by atoms with E-state index in [1.807, 2.05) is 0 Å². The molecule has 0 spiro atoms. The van der Waals surface area contributed by atoms with Crippen LogP contribution in [0.2, 0.25) is 0 Å². The summed E-state index contributed by atoms with van der Waals surface area (Å²) in [5, 5.41) is 3.47. The van der Waals surface area contributed by atoms with Crippen LogP contribution in [0.3, 0.4) is 0 Å². The van der Waals surface area contributed by atoms with Gasteiger partial charge in [0.15, 0.2) is 0 Å². The maximum Gasteiger partial charge on any atom is 0.0481 e. The van der Waals surface area contributed by atoms with Crippen molar-refractivity contribution in [3.05, 3.63) is 34.9 Å². The number of aryl methyl sites for hydroxylation is 2. The molecule has 17 heavy (non-hydrogen) atoms. The highest BCUT2D eigenvalue weighted by atomic mass is 15.2. The molecule has 2 nitrogen and oxygen atoms in total. The van der Waals surface area contributed by atoms with Gasteiger partial charge in [-0.05, 0) is 65.0 Å². The summed E-state index contributed by atoms with van der Waals surface area (Å²) in [5.74, 6) is 0. The molecule has 1 aliphatic rings. The van der Waals surface area contributed by atoms with Crippen molar-refractivity contribution in [2.24, 2.45) is 0 Å². The minimum absolute atomic E-state index is 0.224. The number of rotatable bonds is 2. The Bertz CT molecular complexity index is 390. The third-order valence-electron chi connectivity index (χ3n) is 4.18. The van der Waals surface area contributed by atoms with Crippen LogP contribution >= 0.6 is 0 Å². The minimum atomic E-state index is 0.224. The van der Waals surface area contributed by atoms with Crippen LogP contribution in [-0.2, 0) is 5.54 Å². The van der Waals surface area contributed by atoms with Crippen molar-refractivity contribution in [2.45, 2.75) is 32.2 Å². The van der Waals surface area contributed by atoms with Crippen LogP contribution in [0.15, 0.2) is 18.2 Å². The lowest BCUT2D eigenvalue weighted by atomic mass is 9.78. The second-order valence-electron chi connectivity index (χ2n) is 5.49. The first-order chi connectivity index (χ1) is 8.06.